The van der Waals surface area contributed by atoms with Gasteiger partial charge in [-0.05, 0) is 40.1 Å². The lowest BCUT2D eigenvalue weighted by atomic mass is 10.6. The summed E-state index contributed by atoms with van der Waals surface area (Å²) in [6, 6.07) is 0. The summed E-state index contributed by atoms with van der Waals surface area (Å²) in [6.07, 6.45) is 7.50. The molecule has 0 aliphatic rings. The molecule has 0 heterocycles. The summed E-state index contributed by atoms with van der Waals surface area (Å²) < 4.78 is 0. The predicted octanol–water partition coefficient (Wildman–Crippen LogP) is 3.63. The molecule has 13 heavy (non-hydrogen) atoms. The van der Waals surface area contributed by atoms with Crippen molar-refractivity contribution in [1.82, 2.24) is 0 Å². The van der Waals surface area contributed by atoms with Gasteiger partial charge in [-0.1, -0.05) is 19.6 Å². The fourth-order valence-electron chi connectivity index (χ4n) is 0. The Balaban J connectivity index is -0.0000000450. The Morgan fingerprint density at radius 2 is 0.846 bits per heavy atom. The van der Waals surface area contributed by atoms with Crippen LogP contribution in [-0.2, 0) is 0 Å². The number of rotatable bonds is 0. The summed E-state index contributed by atoms with van der Waals surface area (Å²) in [5.41, 5.74) is 0. The van der Waals surface area contributed by atoms with Crippen molar-refractivity contribution >= 4 is 12.4 Å². The highest BCUT2D eigenvalue weighted by atomic mass is 14.6. The molecule has 2 nitrogen and oxygen atoms in total. The Bertz CT molecular complexity index is 77.5. The molecule has 0 aliphatic heterocycles. The maximum absolute atomic E-state index is 3.61. The molecule has 0 unspecified atom stereocenters. The zero-order valence-corrected chi connectivity index (χ0v) is 9.20. The fourth-order valence-corrected chi connectivity index (χ4v) is 0. The van der Waals surface area contributed by atoms with E-state index >= 15 is 0 Å². The van der Waals surface area contributed by atoms with Gasteiger partial charge in [0.15, 0.2) is 0 Å². The van der Waals surface area contributed by atoms with Crippen LogP contribution in [0.2, 0.25) is 0 Å². The molecule has 0 saturated carbocycles. The molecule has 0 aliphatic carbocycles. The number of nitrogens with zero attached hydrogens (tertiary/aromatic N) is 2. The summed E-state index contributed by atoms with van der Waals surface area (Å²) in [5.74, 6) is 0. The van der Waals surface area contributed by atoms with Crippen molar-refractivity contribution < 1.29 is 0 Å². The van der Waals surface area contributed by atoms with Gasteiger partial charge in [0.25, 0.3) is 0 Å². The van der Waals surface area contributed by atoms with Gasteiger partial charge in [-0.2, -0.15) is 0 Å². The zero-order valence-electron chi connectivity index (χ0n) is 9.20. The van der Waals surface area contributed by atoms with E-state index in [2.05, 4.69) is 9.98 Å². The summed E-state index contributed by atoms with van der Waals surface area (Å²) in [4.78, 5) is 7.22. The van der Waals surface area contributed by atoms with E-state index in [4.69, 9.17) is 0 Å². The van der Waals surface area contributed by atoms with E-state index in [0.717, 1.165) is 0 Å². The SMILES string of the molecule is C.C/C=C/C.CC=NC.CC=NC. The summed E-state index contributed by atoms with van der Waals surface area (Å²) in [7, 11) is 3.50. The van der Waals surface area contributed by atoms with Crippen molar-refractivity contribution in [2.45, 2.75) is 35.1 Å². The molecule has 0 saturated heterocycles. The van der Waals surface area contributed by atoms with Gasteiger partial charge in [0.1, 0.15) is 0 Å². The minimum absolute atomic E-state index is 0. The molecule has 0 aromatic heterocycles. The van der Waals surface area contributed by atoms with E-state index in [1.807, 2.05) is 39.8 Å². The first kappa shape index (κ1) is 22.7. The molecular weight excluding hydrogens is 160 g/mol. The highest BCUT2D eigenvalue weighted by Gasteiger charge is 1.34. The highest BCUT2D eigenvalue weighted by molar-refractivity contribution is 5.52. The van der Waals surface area contributed by atoms with E-state index in [9.17, 15) is 0 Å². The molecule has 80 valence electrons. The Morgan fingerprint density at radius 1 is 0.692 bits per heavy atom. The van der Waals surface area contributed by atoms with Crippen molar-refractivity contribution in [3.05, 3.63) is 12.2 Å². The van der Waals surface area contributed by atoms with E-state index in [1.54, 1.807) is 26.5 Å². The molecule has 0 radical (unpaired) electrons. The summed E-state index contributed by atoms with van der Waals surface area (Å²) in [6.45, 7) is 7.78. The highest BCUT2D eigenvalue weighted by Crippen LogP contribution is 1.57. The van der Waals surface area contributed by atoms with Gasteiger partial charge in [-0.3, -0.25) is 0 Å². The molecule has 0 aromatic carbocycles. The minimum Gasteiger partial charge on any atom is -0.301 e. The van der Waals surface area contributed by atoms with Crippen LogP contribution in [0.5, 0.6) is 0 Å². The average molecular weight is 186 g/mol. The van der Waals surface area contributed by atoms with Gasteiger partial charge in [-0.15, -0.1) is 0 Å². The van der Waals surface area contributed by atoms with Crippen molar-refractivity contribution in [3.8, 4) is 0 Å². The molecule has 0 spiro atoms. The topological polar surface area (TPSA) is 24.7 Å². The monoisotopic (exact) mass is 186 g/mol. The Morgan fingerprint density at radius 3 is 0.846 bits per heavy atom. The first-order chi connectivity index (χ1) is 5.74. The second-order valence-corrected chi connectivity index (χ2v) is 1.70. The summed E-state index contributed by atoms with van der Waals surface area (Å²) >= 11 is 0. The first-order valence-corrected chi connectivity index (χ1v) is 4.05. The van der Waals surface area contributed by atoms with Crippen molar-refractivity contribution in [2.75, 3.05) is 14.1 Å². The standard InChI is InChI=1S/C4H8.2C3H7N.CH4/c3*1-3-4-2;/h3-4H,1-2H3;2*3H,1-2H3;1H4/b4-3+;;;. The van der Waals surface area contributed by atoms with Crippen molar-refractivity contribution in [1.29, 1.82) is 0 Å². The van der Waals surface area contributed by atoms with E-state index in [-0.39, 0.29) is 7.43 Å². The van der Waals surface area contributed by atoms with Crippen molar-refractivity contribution in [2.24, 2.45) is 9.98 Å². The third-order valence-corrected chi connectivity index (χ3v) is 0.850. The zero-order chi connectivity index (χ0) is 10.2. The van der Waals surface area contributed by atoms with Crippen LogP contribution in [0.15, 0.2) is 22.1 Å². The van der Waals surface area contributed by atoms with Gasteiger partial charge in [-0.25, -0.2) is 0 Å². The van der Waals surface area contributed by atoms with E-state index in [1.165, 1.54) is 0 Å². The molecule has 0 atom stereocenters. The molecule has 0 bridgehead atoms. The Labute approximate surface area is 84.5 Å². The molecule has 0 rings (SSSR count). The second-order valence-electron chi connectivity index (χ2n) is 1.70. The molecule has 0 N–H and O–H groups in total. The van der Waals surface area contributed by atoms with Crippen LogP contribution in [-0.4, -0.2) is 26.5 Å². The van der Waals surface area contributed by atoms with Crippen LogP contribution in [0.1, 0.15) is 35.1 Å². The predicted molar refractivity (Wildman–Crippen MR) is 67.4 cm³/mol. The maximum Gasteiger partial charge on any atom is 0.0273 e. The lowest BCUT2D eigenvalue weighted by Crippen LogP contribution is -1.47. The molecule has 0 aromatic rings. The van der Waals surface area contributed by atoms with Crippen LogP contribution in [0.3, 0.4) is 0 Å². The van der Waals surface area contributed by atoms with Crippen LogP contribution in [0, 0.1) is 0 Å². The first-order valence-electron chi connectivity index (χ1n) is 4.05. The largest absolute Gasteiger partial charge is 0.301 e. The third kappa shape index (κ3) is 211. The minimum atomic E-state index is 0. The van der Waals surface area contributed by atoms with Gasteiger partial charge < -0.3 is 9.98 Å². The van der Waals surface area contributed by atoms with Crippen LogP contribution in [0.4, 0.5) is 0 Å². The average Bonchev–Trinajstić information content (AvgIpc) is 2.18. The van der Waals surface area contributed by atoms with E-state index < -0.39 is 0 Å². The lowest BCUT2D eigenvalue weighted by molar-refractivity contribution is 1.46. The molecule has 2 heteroatoms. The molecule has 0 amide bonds. The Kier molecular flexibility index (Phi) is 76.2. The third-order valence-electron chi connectivity index (χ3n) is 0.850. The van der Waals surface area contributed by atoms with Gasteiger partial charge >= 0.3 is 0 Å². The van der Waals surface area contributed by atoms with Crippen LogP contribution in [0.25, 0.3) is 0 Å². The lowest BCUT2D eigenvalue weighted by Gasteiger charge is -1.53. The molecular formula is C11H26N2. The van der Waals surface area contributed by atoms with Gasteiger partial charge in [0, 0.05) is 14.1 Å². The summed E-state index contributed by atoms with van der Waals surface area (Å²) in [5, 5.41) is 0. The number of hydrogen-bond acceptors (Lipinski definition) is 2. The normalized spacial score (nSPS) is 8.77. The number of allylic oxidation sites excluding steroid dienone is 2. The van der Waals surface area contributed by atoms with E-state index in [0.29, 0.717) is 0 Å². The quantitative estimate of drug-likeness (QED) is 0.408. The van der Waals surface area contributed by atoms with Crippen LogP contribution < -0.4 is 0 Å². The van der Waals surface area contributed by atoms with Gasteiger partial charge in [0.05, 0.1) is 0 Å². The number of hydrogen-bond donors (Lipinski definition) is 0. The Hall–Kier alpha value is -0.920. The van der Waals surface area contributed by atoms with Gasteiger partial charge in [0.2, 0.25) is 0 Å². The fraction of sp³-hybridized carbons (Fsp3) is 0.636. The number of aliphatic imine (C=N–C) groups is 2. The maximum atomic E-state index is 3.61. The smallest absolute Gasteiger partial charge is 0.0273 e. The van der Waals surface area contributed by atoms with Crippen LogP contribution >= 0.6 is 0 Å². The second kappa shape index (κ2) is 43.6. The molecule has 0 fully saturated rings. The van der Waals surface area contributed by atoms with Crippen molar-refractivity contribution in [3.63, 3.8) is 0 Å².